The second kappa shape index (κ2) is 8.74. The number of hydrogen-bond donors (Lipinski definition) is 2. The predicted octanol–water partition coefficient (Wildman–Crippen LogP) is 1.21. The highest BCUT2D eigenvalue weighted by Crippen LogP contribution is 2.28. The molecule has 6 nitrogen and oxygen atoms in total. The maximum absolute atomic E-state index is 12.1. The van der Waals surface area contributed by atoms with Gasteiger partial charge in [0, 0.05) is 19.1 Å². The molecule has 1 heterocycles. The van der Waals surface area contributed by atoms with Gasteiger partial charge in [-0.25, -0.2) is 0 Å². The molecule has 128 valence electrons. The van der Waals surface area contributed by atoms with Gasteiger partial charge < -0.3 is 24.8 Å². The topological polar surface area (TPSA) is 68.8 Å². The highest BCUT2D eigenvalue weighted by molar-refractivity contribution is 5.77. The third-order valence-corrected chi connectivity index (χ3v) is 4.20. The normalized spacial score (nSPS) is 16.6. The summed E-state index contributed by atoms with van der Waals surface area (Å²) in [6.07, 6.45) is 1.99. The van der Waals surface area contributed by atoms with Gasteiger partial charge in [0.2, 0.25) is 0 Å². The van der Waals surface area contributed by atoms with Crippen molar-refractivity contribution in [3.05, 3.63) is 24.3 Å². The summed E-state index contributed by atoms with van der Waals surface area (Å²) in [5.41, 5.74) is 0.0140. The Morgan fingerprint density at radius 2 is 1.91 bits per heavy atom. The van der Waals surface area contributed by atoms with Gasteiger partial charge in [-0.3, -0.25) is 4.79 Å². The molecule has 0 radical (unpaired) electrons. The standard InChI is InChI=1S/C17H26N2O4/c1-21-13-17(7-9-18-10-8-17)12-19-16(20)11-23-15-6-4-3-5-14(15)22-2/h3-6,18H,7-13H2,1-2H3,(H,19,20). The third-order valence-electron chi connectivity index (χ3n) is 4.20. The van der Waals surface area contributed by atoms with Crippen LogP contribution in [0.4, 0.5) is 0 Å². The van der Waals surface area contributed by atoms with E-state index < -0.39 is 0 Å². The lowest BCUT2D eigenvalue weighted by molar-refractivity contribution is -0.124. The molecule has 0 atom stereocenters. The summed E-state index contributed by atoms with van der Waals surface area (Å²) >= 11 is 0. The summed E-state index contributed by atoms with van der Waals surface area (Å²) in [4.78, 5) is 12.1. The molecule has 1 amide bonds. The first kappa shape index (κ1) is 17.6. The fourth-order valence-electron chi connectivity index (χ4n) is 2.85. The quantitative estimate of drug-likeness (QED) is 0.753. The Morgan fingerprint density at radius 3 is 2.57 bits per heavy atom. The number of carbonyl (C=O) groups is 1. The van der Waals surface area contributed by atoms with E-state index in [4.69, 9.17) is 14.2 Å². The molecule has 0 unspecified atom stereocenters. The van der Waals surface area contributed by atoms with Crippen LogP contribution in [0, 0.1) is 5.41 Å². The van der Waals surface area contributed by atoms with Crippen LogP contribution in [0.2, 0.25) is 0 Å². The van der Waals surface area contributed by atoms with Crippen molar-refractivity contribution in [2.75, 3.05) is 47.1 Å². The van der Waals surface area contributed by atoms with Crippen molar-refractivity contribution in [1.82, 2.24) is 10.6 Å². The number of carbonyl (C=O) groups excluding carboxylic acids is 1. The Labute approximate surface area is 137 Å². The van der Waals surface area contributed by atoms with E-state index in [1.807, 2.05) is 12.1 Å². The summed E-state index contributed by atoms with van der Waals surface area (Å²) in [5.74, 6) is 1.05. The minimum absolute atomic E-state index is 0.0140. The molecule has 0 aliphatic carbocycles. The zero-order valence-corrected chi connectivity index (χ0v) is 13.9. The van der Waals surface area contributed by atoms with E-state index >= 15 is 0 Å². The molecule has 1 aromatic carbocycles. The van der Waals surface area contributed by atoms with Gasteiger partial charge in [-0.15, -0.1) is 0 Å². The highest BCUT2D eigenvalue weighted by atomic mass is 16.5. The molecule has 23 heavy (non-hydrogen) atoms. The number of benzene rings is 1. The van der Waals surface area contributed by atoms with E-state index in [-0.39, 0.29) is 17.9 Å². The molecule has 0 spiro atoms. The molecule has 0 bridgehead atoms. The zero-order chi connectivity index (χ0) is 16.5. The first-order valence-corrected chi connectivity index (χ1v) is 7.91. The van der Waals surface area contributed by atoms with Crippen LogP contribution in [-0.2, 0) is 9.53 Å². The van der Waals surface area contributed by atoms with E-state index in [0.717, 1.165) is 25.9 Å². The van der Waals surface area contributed by atoms with Crippen molar-refractivity contribution < 1.29 is 19.0 Å². The summed E-state index contributed by atoms with van der Waals surface area (Å²) in [7, 11) is 3.28. The van der Waals surface area contributed by atoms with Crippen molar-refractivity contribution in [3.8, 4) is 11.5 Å². The Bertz CT molecular complexity index is 496. The van der Waals surface area contributed by atoms with E-state index in [2.05, 4.69) is 10.6 Å². The van der Waals surface area contributed by atoms with Crippen molar-refractivity contribution in [2.24, 2.45) is 5.41 Å². The van der Waals surface area contributed by atoms with Crippen molar-refractivity contribution in [2.45, 2.75) is 12.8 Å². The van der Waals surface area contributed by atoms with Crippen molar-refractivity contribution in [1.29, 1.82) is 0 Å². The molecule has 1 aromatic rings. The van der Waals surface area contributed by atoms with Crippen LogP contribution in [0.15, 0.2) is 24.3 Å². The Hall–Kier alpha value is -1.79. The number of piperidine rings is 1. The van der Waals surface area contributed by atoms with Crippen LogP contribution in [0.5, 0.6) is 11.5 Å². The minimum Gasteiger partial charge on any atom is -0.493 e. The lowest BCUT2D eigenvalue weighted by Gasteiger charge is -2.37. The summed E-state index contributed by atoms with van der Waals surface area (Å²) in [5, 5.41) is 6.31. The maximum atomic E-state index is 12.1. The fraction of sp³-hybridized carbons (Fsp3) is 0.588. The number of hydrogen-bond acceptors (Lipinski definition) is 5. The Balaban J connectivity index is 1.82. The number of methoxy groups -OCH3 is 2. The first-order chi connectivity index (χ1) is 11.2. The van der Waals surface area contributed by atoms with Crippen LogP contribution in [0.1, 0.15) is 12.8 Å². The average Bonchev–Trinajstić information content (AvgIpc) is 2.59. The molecule has 1 aliphatic heterocycles. The van der Waals surface area contributed by atoms with Gasteiger partial charge in [0.25, 0.3) is 5.91 Å². The van der Waals surface area contributed by atoms with Crippen LogP contribution in [0.3, 0.4) is 0 Å². The first-order valence-electron chi connectivity index (χ1n) is 7.91. The summed E-state index contributed by atoms with van der Waals surface area (Å²) < 4.78 is 16.1. The van der Waals surface area contributed by atoms with Crippen LogP contribution < -0.4 is 20.1 Å². The molecular weight excluding hydrogens is 296 g/mol. The molecule has 0 aromatic heterocycles. The number of para-hydroxylation sites is 2. The molecule has 6 heteroatoms. The lowest BCUT2D eigenvalue weighted by atomic mass is 9.79. The smallest absolute Gasteiger partial charge is 0.257 e. The van der Waals surface area contributed by atoms with Crippen molar-refractivity contribution >= 4 is 5.91 Å². The SMILES string of the molecule is COCC1(CNC(=O)COc2ccccc2OC)CCNCC1. The maximum Gasteiger partial charge on any atom is 0.257 e. The van der Waals surface area contributed by atoms with E-state index in [1.54, 1.807) is 26.4 Å². The zero-order valence-electron chi connectivity index (χ0n) is 13.9. The molecule has 1 saturated heterocycles. The molecule has 0 saturated carbocycles. The third kappa shape index (κ3) is 5.11. The van der Waals surface area contributed by atoms with Crippen molar-refractivity contribution in [3.63, 3.8) is 0 Å². The number of amides is 1. The van der Waals surface area contributed by atoms with E-state index in [1.165, 1.54) is 0 Å². The Morgan fingerprint density at radius 1 is 1.22 bits per heavy atom. The minimum atomic E-state index is -0.134. The van der Waals surface area contributed by atoms with Crippen LogP contribution >= 0.6 is 0 Å². The lowest BCUT2D eigenvalue weighted by Crippen LogP contribution is -2.47. The van der Waals surface area contributed by atoms with Crippen LogP contribution in [-0.4, -0.2) is 53.0 Å². The van der Waals surface area contributed by atoms with Gasteiger partial charge in [0.05, 0.1) is 13.7 Å². The highest BCUT2D eigenvalue weighted by Gasteiger charge is 2.32. The van der Waals surface area contributed by atoms with Gasteiger partial charge in [0.1, 0.15) is 0 Å². The van der Waals surface area contributed by atoms with Gasteiger partial charge in [-0.2, -0.15) is 0 Å². The van der Waals surface area contributed by atoms with E-state index in [0.29, 0.717) is 24.7 Å². The number of nitrogens with one attached hydrogen (secondary N) is 2. The van der Waals surface area contributed by atoms with Gasteiger partial charge >= 0.3 is 0 Å². The Kier molecular flexibility index (Phi) is 6.67. The van der Waals surface area contributed by atoms with Gasteiger partial charge in [0.15, 0.2) is 18.1 Å². The summed E-state index contributed by atoms with van der Waals surface area (Å²) in [6, 6.07) is 7.29. The fourth-order valence-corrected chi connectivity index (χ4v) is 2.85. The average molecular weight is 322 g/mol. The molecule has 1 aliphatic rings. The van der Waals surface area contributed by atoms with Crippen LogP contribution in [0.25, 0.3) is 0 Å². The van der Waals surface area contributed by atoms with Gasteiger partial charge in [-0.1, -0.05) is 12.1 Å². The molecule has 2 rings (SSSR count). The molecular formula is C17H26N2O4. The molecule has 1 fully saturated rings. The monoisotopic (exact) mass is 322 g/mol. The largest absolute Gasteiger partial charge is 0.493 e. The number of rotatable bonds is 8. The second-order valence-electron chi connectivity index (χ2n) is 5.90. The van der Waals surface area contributed by atoms with E-state index in [9.17, 15) is 4.79 Å². The van der Waals surface area contributed by atoms with Gasteiger partial charge in [-0.05, 0) is 38.1 Å². The summed E-state index contributed by atoms with van der Waals surface area (Å²) in [6.45, 7) is 3.15. The predicted molar refractivity (Wildman–Crippen MR) is 87.9 cm³/mol. The second-order valence-corrected chi connectivity index (χ2v) is 5.90. The molecule has 2 N–H and O–H groups in total. The number of ether oxygens (including phenoxy) is 3.